The number of anilines is 1. The van der Waals surface area contributed by atoms with Crippen molar-refractivity contribution in [3.63, 3.8) is 0 Å². The second-order valence-electron chi connectivity index (χ2n) is 5.27. The lowest BCUT2D eigenvalue weighted by molar-refractivity contribution is 0.0576. The molecule has 1 saturated heterocycles. The molecule has 0 amide bonds. The Kier molecular flexibility index (Phi) is 4.43. The van der Waals surface area contributed by atoms with E-state index in [1.807, 2.05) is 26.1 Å². The third kappa shape index (κ3) is 3.47. The molecule has 1 aliphatic rings. The van der Waals surface area contributed by atoms with Gasteiger partial charge in [-0.1, -0.05) is 0 Å². The highest BCUT2D eigenvalue weighted by molar-refractivity contribution is 5.89. The highest BCUT2D eigenvalue weighted by atomic mass is 16.5. The largest absolute Gasteiger partial charge is 0.478 e. The first kappa shape index (κ1) is 13.9. The minimum absolute atomic E-state index is 0.373. The van der Waals surface area contributed by atoms with Gasteiger partial charge in [0.25, 0.3) is 0 Å². The van der Waals surface area contributed by atoms with Crippen LogP contribution >= 0.6 is 0 Å². The van der Waals surface area contributed by atoms with Gasteiger partial charge in [0.05, 0.1) is 12.2 Å². The van der Waals surface area contributed by atoms with E-state index in [2.05, 4.69) is 4.90 Å². The van der Waals surface area contributed by atoms with Crippen molar-refractivity contribution in [1.29, 1.82) is 0 Å². The molecule has 0 radical (unpaired) electrons. The van der Waals surface area contributed by atoms with Crippen LogP contribution in [-0.4, -0.2) is 37.9 Å². The molecule has 1 aromatic carbocycles. The van der Waals surface area contributed by atoms with Crippen molar-refractivity contribution >= 4 is 11.7 Å². The number of rotatable bonds is 4. The molecule has 1 aromatic rings. The van der Waals surface area contributed by atoms with Crippen LogP contribution in [0.15, 0.2) is 18.2 Å². The van der Waals surface area contributed by atoms with Gasteiger partial charge in [0.2, 0.25) is 0 Å². The van der Waals surface area contributed by atoms with Gasteiger partial charge in [-0.15, -0.1) is 0 Å². The molecule has 2 rings (SSSR count). The molecular weight excluding hydrogens is 242 g/mol. The van der Waals surface area contributed by atoms with Crippen LogP contribution in [0.3, 0.4) is 0 Å². The van der Waals surface area contributed by atoms with Crippen LogP contribution in [0.4, 0.5) is 5.69 Å². The van der Waals surface area contributed by atoms with Crippen molar-refractivity contribution in [1.82, 2.24) is 0 Å². The van der Waals surface area contributed by atoms with Crippen LogP contribution in [0, 0.1) is 12.8 Å². The van der Waals surface area contributed by atoms with E-state index in [9.17, 15) is 4.79 Å². The predicted molar refractivity (Wildman–Crippen MR) is 75.0 cm³/mol. The average molecular weight is 263 g/mol. The summed E-state index contributed by atoms with van der Waals surface area (Å²) in [7, 11) is 2.05. The fraction of sp³-hybridized carbons (Fsp3) is 0.533. The molecule has 1 aliphatic heterocycles. The minimum Gasteiger partial charge on any atom is -0.478 e. The number of carbonyl (C=O) groups is 1. The van der Waals surface area contributed by atoms with Gasteiger partial charge in [-0.05, 0) is 49.4 Å². The molecule has 104 valence electrons. The summed E-state index contributed by atoms with van der Waals surface area (Å²) in [6, 6.07) is 5.49. The molecule has 0 bridgehead atoms. The summed E-state index contributed by atoms with van der Waals surface area (Å²) in [6.07, 6.45) is 2.34. The topological polar surface area (TPSA) is 49.8 Å². The first-order valence-corrected chi connectivity index (χ1v) is 6.70. The van der Waals surface area contributed by atoms with Gasteiger partial charge in [-0.25, -0.2) is 4.79 Å². The molecule has 1 heterocycles. The number of benzene rings is 1. The number of carboxylic acid groups (broad SMARTS) is 1. The molecule has 1 atom stereocenters. The van der Waals surface area contributed by atoms with E-state index in [4.69, 9.17) is 9.84 Å². The van der Waals surface area contributed by atoms with Gasteiger partial charge < -0.3 is 14.7 Å². The van der Waals surface area contributed by atoms with Crippen LogP contribution < -0.4 is 4.90 Å². The Hall–Kier alpha value is -1.55. The summed E-state index contributed by atoms with van der Waals surface area (Å²) >= 11 is 0. The highest BCUT2D eigenvalue weighted by Crippen LogP contribution is 2.21. The van der Waals surface area contributed by atoms with Gasteiger partial charge in [0.1, 0.15) is 0 Å². The number of hydrogen-bond acceptors (Lipinski definition) is 3. The summed E-state index contributed by atoms with van der Waals surface area (Å²) in [4.78, 5) is 13.2. The standard InChI is InChI=1S/C15H21NO3/c1-11-8-13(5-6-14(11)15(17)18)16(2)9-12-4-3-7-19-10-12/h5-6,8,12H,3-4,7,9-10H2,1-2H3,(H,17,18). The Morgan fingerprint density at radius 1 is 1.53 bits per heavy atom. The van der Waals surface area contributed by atoms with Crippen molar-refractivity contribution in [2.45, 2.75) is 19.8 Å². The zero-order valence-electron chi connectivity index (χ0n) is 11.6. The number of aromatic carboxylic acids is 1. The second kappa shape index (κ2) is 6.06. The lowest BCUT2D eigenvalue weighted by Gasteiger charge is -2.28. The number of aryl methyl sites for hydroxylation is 1. The summed E-state index contributed by atoms with van der Waals surface area (Å²) in [6.45, 7) is 4.50. The fourth-order valence-corrected chi connectivity index (χ4v) is 2.57. The van der Waals surface area contributed by atoms with Crippen molar-refractivity contribution < 1.29 is 14.6 Å². The summed E-state index contributed by atoms with van der Waals surface area (Å²) in [5.41, 5.74) is 2.24. The van der Waals surface area contributed by atoms with Gasteiger partial charge in [-0.3, -0.25) is 0 Å². The lowest BCUT2D eigenvalue weighted by atomic mass is 10.0. The molecule has 0 aromatic heterocycles. The van der Waals surface area contributed by atoms with Gasteiger partial charge in [-0.2, -0.15) is 0 Å². The molecule has 1 fully saturated rings. The maximum absolute atomic E-state index is 11.0. The minimum atomic E-state index is -0.868. The van der Waals surface area contributed by atoms with Crippen LogP contribution in [0.5, 0.6) is 0 Å². The first-order chi connectivity index (χ1) is 9.08. The Labute approximate surface area is 114 Å². The molecule has 1 unspecified atom stereocenters. The summed E-state index contributed by atoms with van der Waals surface area (Å²) in [5, 5.41) is 9.03. The van der Waals surface area contributed by atoms with Crippen molar-refractivity contribution in [3.8, 4) is 0 Å². The molecule has 0 saturated carbocycles. The van der Waals surface area contributed by atoms with E-state index in [1.54, 1.807) is 6.07 Å². The molecule has 1 N–H and O–H groups in total. The van der Waals surface area contributed by atoms with Crippen molar-refractivity contribution in [2.75, 3.05) is 31.7 Å². The molecule has 19 heavy (non-hydrogen) atoms. The van der Waals surface area contributed by atoms with E-state index < -0.39 is 5.97 Å². The van der Waals surface area contributed by atoms with Crippen LogP contribution in [0.1, 0.15) is 28.8 Å². The Morgan fingerprint density at radius 3 is 2.89 bits per heavy atom. The van der Waals surface area contributed by atoms with E-state index in [1.165, 1.54) is 6.42 Å². The third-order valence-electron chi connectivity index (χ3n) is 3.67. The first-order valence-electron chi connectivity index (χ1n) is 6.70. The van der Waals surface area contributed by atoms with Gasteiger partial charge in [0, 0.05) is 25.9 Å². The predicted octanol–water partition coefficient (Wildman–Crippen LogP) is 2.56. The average Bonchev–Trinajstić information content (AvgIpc) is 2.39. The smallest absolute Gasteiger partial charge is 0.335 e. The second-order valence-corrected chi connectivity index (χ2v) is 5.27. The highest BCUT2D eigenvalue weighted by Gasteiger charge is 2.17. The Bertz CT molecular complexity index is 453. The maximum atomic E-state index is 11.0. The van der Waals surface area contributed by atoms with E-state index in [0.29, 0.717) is 11.5 Å². The zero-order chi connectivity index (χ0) is 13.8. The molecule has 4 nitrogen and oxygen atoms in total. The van der Waals surface area contributed by atoms with Crippen molar-refractivity contribution in [3.05, 3.63) is 29.3 Å². The molecule has 0 aliphatic carbocycles. The van der Waals surface area contributed by atoms with Crippen molar-refractivity contribution in [2.24, 2.45) is 5.92 Å². The molecule has 4 heteroatoms. The maximum Gasteiger partial charge on any atom is 0.335 e. The van der Waals surface area contributed by atoms with Gasteiger partial charge >= 0.3 is 5.97 Å². The quantitative estimate of drug-likeness (QED) is 0.907. The molecule has 0 spiro atoms. The van der Waals surface area contributed by atoms with E-state index >= 15 is 0 Å². The zero-order valence-corrected chi connectivity index (χ0v) is 11.6. The van der Waals surface area contributed by atoms with Gasteiger partial charge in [0.15, 0.2) is 0 Å². The summed E-state index contributed by atoms with van der Waals surface area (Å²) in [5.74, 6) is -0.300. The van der Waals surface area contributed by atoms with Crippen LogP contribution in [0.25, 0.3) is 0 Å². The third-order valence-corrected chi connectivity index (χ3v) is 3.67. The lowest BCUT2D eigenvalue weighted by Crippen LogP contribution is -2.30. The normalized spacial score (nSPS) is 19.2. The fourth-order valence-electron chi connectivity index (χ4n) is 2.57. The van der Waals surface area contributed by atoms with E-state index in [0.717, 1.165) is 37.4 Å². The Morgan fingerprint density at radius 2 is 2.32 bits per heavy atom. The van der Waals surface area contributed by atoms with Crippen LogP contribution in [0.2, 0.25) is 0 Å². The summed E-state index contributed by atoms with van der Waals surface area (Å²) < 4.78 is 5.49. The number of nitrogens with zero attached hydrogens (tertiary/aromatic N) is 1. The Balaban J connectivity index is 2.04. The van der Waals surface area contributed by atoms with Crippen LogP contribution in [-0.2, 0) is 4.74 Å². The monoisotopic (exact) mass is 263 g/mol. The number of carboxylic acids is 1. The SMILES string of the molecule is Cc1cc(N(C)CC2CCCOC2)ccc1C(=O)O. The number of hydrogen-bond donors (Lipinski definition) is 1. The molecular formula is C15H21NO3. The number of ether oxygens (including phenoxy) is 1. The van der Waals surface area contributed by atoms with E-state index in [-0.39, 0.29) is 0 Å².